The largest absolute Gasteiger partial charge is 0.340 e. The van der Waals surface area contributed by atoms with E-state index < -0.39 is 9.84 Å². The fourth-order valence-corrected chi connectivity index (χ4v) is 5.56. The second-order valence-electron chi connectivity index (χ2n) is 8.61. The minimum absolute atomic E-state index is 0.0484. The van der Waals surface area contributed by atoms with Gasteiger partial charge in [-0.15, -0.1) is 0 Å². The van der Waals surface area contributed by atoms with Crippen LogP contribution >= 0.6 is 11.6 Å². The molecule has 2 aromatic rings. The third-order valence-corrected chi connectivity index (χ3v) is 7.90. The van der Waals surface area contributed by atoms with Gasteiger partial charge in [-0.2, -0.15) is 0 Å². The normalized spacial score (nSPS) is 21.6. The lowest BCUT2D eigenvalue weighted by atomic mass is 9.68. The first kappa shape index (κ1) is 23.8. The van der Waals surface area contributed by atoms with Crippen LogP contribution in [-0.2, 0) is 26.5 Å². The number of nitrogens with two attached hydrogens (primary N) is 1. The number of hydrogen-bond acceptors (Lipinski definition) is 4. The fraction of sp³-hybridized carbons (Fsp3) is 0.458. The number of benzene rings is 2. The number of rotatable bonds is 7. The molecule has 0 spiro atoms. The number of carbonyl (C=O) groups is 1. The molecule has 0 atom stereocenters. The van der Waals surface area contributed by atoms with Crippen molar-refractivity contribution in [1.82, 2.24) is 4.90 Å². The summed E-state index contributed by atoms with van der Waals surface area (Å²) in [5.74, 6) is 0.0484. The van der Waals surface area contributed by atoms with Gasteiger partial charge in [0.1, 0.15) is 0 Å². The molecule has 0 heterocycles. The Labute approximate surface area is 190 Å². The van der Waals surface area contributed by atoms with Crippen LogP contribution in [0.3, 0.4) is 0 Å². The molecular formula is C24H31ClN2O3S. The lowest BCUT2D eigenvalue weighted by Crippen LogP contribution is -2.47. The van der Waals surface area contributed by atoms with Gasteiger partial charge in [0.2, 0.25) is 5.91 Å². The number of halogens is 1. The smallest absolute Gasteiger partial charge is 0.219 e. The molecular weight excluding hydrogens is 432 g/mol. The summed E-state index contributed by atoms with van der Waals surface area (Å²) in [5, 5.41) is 0.717. The van der Waals surface area contributed by atoms with Gasteiger partial charge in [-0.1, -0.05) is 35.9 Å². The lowest BCUT2D eigenvalue weighted by molar-refractivity contribution is -0.132. The molecule has 1 saturated carbocycles. The van der Waals surface area contributed by atoms with Crippen LogP contribution in [0.15, 0.2) is 53.4 Å². The molecule has 2 N–H and O–H groups in total. The Morgan fingerprint density at radius 3 is 2.42 bits per heavy atom. The number of amides is 1. The highest BCUT2D eigenvalue weighted by Crippen LogP contribution is 2.40. The molecule has 0 radical (unpaired) electrons. The van der Waals surface area contributed by atoms with Crippen LogP contribution in [0.1, 0.15) is 43.7 Å². The molecule has 0 aromatic heterocycles. The van der Waals surface area contributed by atoms with Crippen molar-refractivity contribution in [3.05, 3.63) is 64.7 Å². The van der Waals surface area contributed by atoms with Gasteiger partial charge < -0.3 is 10.6 Å². The van der Waals surface area contributed by atoms with Gasteiger partial charge >= 0.3 is 0 Å². The highest BCUT2D eigenvalue weighted by Gasteiger charge is 2.38. The number of carbonyl (C=O) groups excluding carboxylic acids is 1. The third kappa shape index (κ3) is 5.68. The maximum Gasteiger partial charge on any atom is 0.219 e. The van der Waals surface area contributed by atoms with Crippen LogP contribution in [0.2, 0.25) is 5.02 Å². The molecule has 1 aliphatic carbocycles. The van der Waals surface area contributed by atoms with E-state index in [0.717, 1.165) is 31.2 Å². The molecule has 31 heavy (non-hydrogen) atoms. The average molecular weight is 463 g/mol. The summed E-state index contributed by atoms with van der Waals surface area (Å²) in [5.41, 5.74) is 8.20. The Kier molecular flexibility index (Phi) is 7.45. The summed E-state index contributed by atoms with van der Waals surface area (Å²) in [6, 6.07) is 15.1. The third-order valence-electron chi connectivity index (χ3n) is 6.55. The van der Waals surface area contributed by atoms with Gasteiger partial charge in [0, 0.05) is 42.7 Å². The molecule has 0 saturated heterocycles. The SMILES string of the molecule is CC(=O)N(CCc1cccc(S(C)(=O)=O)c1)C1CCC(CN)(c2cccc(Cl)c2)CC1. The Balaban J connectivity index is 1.69. The lowest BCUT2D eigenvalue weighted by Gasteiger charge is -2.43. The predicted octanol–water partition coefficient (Wildman–Crippen LogP) is 3.97. The van der Waals surface area contributed by atoms with Crippen molar-refractivity contribution in [3.8, 4) is 0 Å². The first-order valence-electron chi connectivity index (χ1n) is 10.7. The zero-order valence-electron chi connectivity index (χ0n) is 18.2. The monoisotopic (exact) mass is 462 g/mol. The van der Waals surface area contributed by atoms with E-state index in [2.05, 4.69) is 6.07 Å². The van der Waals surface area contributed by atoms with Crippen molar-refractivity contribution in [1.29, 1.82) is 0 Å². The molecule has 0 aliphatic heterocycles. The highest BCUT2D eigenvalue weighted by molar-refractivity contribution is 7.90. The van der Waals surface area contributed by atoms with E-state index >= 15 is 0 Å². The number of hydrogen-bond donors (Lipinski definition) is 1. The topological polar surface area (TPSA) is 80.5 Å². The number of nitrogens with zero attached hydrogens (tertiary/aromatic N) is 1. The summed E-state index contributed by atoms with van der Waals surface area (Å²) in [6.07, 6.45) is 5.40. The quantitative estimate of drug-likeness (QED) is 0.674. The van der Waals surface area contributed by atoms with Crippen LogP contribution < -0.4 is 5.73 Å². The van der Waals surface area contributed by atoms with Gasteiger partial charge in [0.05, 0.1) is 4.90 Å². The second-order valence-corrected chi connectivity index (χ2v) is 11.1. The molecule has 5 nitrogen and oxygen atoms in total. The maximum atomic E-state index is 12.4. The fourth-order valence-electron chi connectivity index (χ4n) is 4.67. The minimum atomic E-state index is -3.25. The van der Waals surface area contributed by atoms with E-state index in [4.69, 9.17) is 17.3 Å². The zero-order valence-corrected chi connectivity index (χ0v) is 19.8. The van der Waals surface area contributed by atoms with Crippen LogP contribution in [0.4, 0.5) is 0 Å². The van der Waals surface area contributed by atoms with Crippen molar-refractivity contribution in [2.45, 2.75) is 55.4 Å². The summed E-state index contributed by atoms with van der Waals surface area (Å²) in [6.45, 7) is 2.73. The van der Waals surface area contributed by atoms with Gasteiger partial charge in [0.25, 0.3) is 0 Å². The Morgan fingerprint density at radius 1 is 1.16 bits per heavy atom. The molecule has 3 rings (SSSR count). The number of sulfone groups is 1. The first-order valence-corrected chi connectivity index (χ1v) is 12.9. The van der Waals surface area contributed by atoms with E-state index in [9.17, 15) is 13.2 Å². The van der Waals surface area contributed by atoms with Gasteiger partial charge in [0.15, 0.2) is 9.84 Å². The van der Waals surface area contributed by atoms with Gasteiger partial charge in [-0.25, -0.2) is 8.42 Å². The van der Waals surface area contributed by atoms with Crippen molar-refractivity contribution >= 4 is 27.3 Å². The van der Waals surface area contributed by atoms with Crippen LogP contribution in [-0.4, -0.2) is 44.6 Å². The molecule has 0 unspecified atom stereocenters. The second kappa shape index (κ2) is 9.72. The molecule has 2 aromatic carbocycles. The van der Waals surface area contributed by atoms with Gasteiger partial charge in [-0.05, 0) is 67.5 Å². The van der Waals surface area contributed by atoms with E-state index in [0.29, 0.717) is 29.4 Å². The summed E-state index contributed by atoms with van der Waals surface area (Å²) in [7, 11) is -3.25. The van der Waals surface area contributed by atoms with Crippen molar-refractivity contribution < 1.29 is 13.2 Å². The molecule has 1 fully saturated rings. The maximum absolute atomic E-state index is 12.4. The predicted molar refractivity (Wildman–Crippen MR) is 125 cm³/mol. The highest BCUT2D eigenvalue weighted by atomic mass is 35.5. The van der Waals surface area contributed by atoms with Crippen molar-refractivity contribution in [3.63, 3.8) is 0 Å². The van der Waals surface area contributed by atoms with Crippen molar-refractivity contribution in [2.24, 2.45) is 5.73 Å². The summed E-state index contributed by atoms with van der Waals surface area (Å²) < 4.78 is 23.6. The molecule has 1 amide bonds. The molecule has 7 heteroatoms. The Morgan fingerprint density at radius 2 is 1.84 bits per heavy atom. The molecule has 1 aliphatic rings. The Hall–Kier alpha value is -1.89. The zero-order chi connectivity index (χ0) is 22.6. The molecule has 168 valence electrons. The summed E-state index contributed by atoms with van der Waals surface area (Å²) >= 11 is 6.21. The standard InChI is InChI=1S/C24H31ClN2O3S/c1-18(28)27(14-11-19-5-3-8-23(15-19)31(2,29)30)22-9-12-24(17-26,13-10-22)20-6-4-7-21(25)16-20/h3-8,15-16,22H,9-14,17,26H2,1-2H3. The van der Waals surface area contributed by atoms with E-state index in [1.807, 2.05) is 29.2 Å². The van der Waals surface area contributed by atoms with E-state index in [1.54, 1.807) is 25.1 Å². The first-order chi connectivity index (χ1) is 14.6. The van der Waals surface area contributed by atoms with Crippen LogP contribution in [0.5, 0.6) is 0 Å². The van der Waals surface area contributed by atoms with E-state index in [-0.39, 0.29) is 17.4 Å². The van der Waals surface area contributed by atoms with E-state index in [1.165, 1.54) is 11.8 Å². The van der Waals surface area contributed by atoms with Gasteiger partial charge in [-0.3, -0.25) is 4.79 Å². The summed E-state index contributed by atoms with van der Waals surface area (Å²) in [4.78, 5) is 14.7. The Bertz CT molecular complexity index is 1030. The van der Waals surface area contributed by atoms with Crippen LogP contribution in [0.25, 0.3) is 0 Å². The minimum Gasteiger partial charge on any atom is -0.340 e. The average Bonchev–Trinajstić information content (AvgIpc) is 2.74. The van der Waals surface area contributed by atoms with Crippen molar-refractivity contribution in [2.75, 3.05) is 19.3 Å². The van der Waals surface area contributed by atoms with Crippen LogP contribution in [0, 0.1) is 0 Å². The molecule has 0 bridgehead atoms.